The van der Waals surface area contributed by atoms with Crippen LogP contribution in [0.25, 0.3) is 0 Å². The van der Waals surface area contributed by atoms with Crippen LogP contribution in [0.1, 0.15) is 23.7 Å². The van der Waals surface area contributed by atoms with Gasteiger partial charge in [-0.25, -0.2) is 0 Å². The van der Waals surface area contributed by atoms with Gasteiger partial charge in [0, 0.05) is 17.6 Å². The highest BCUT2D eigenvalue weighted by molar-refractivity contribution is 6.31. The maximum absolute atomic E-state index is 11.8. The summed E-state index contributed by atoms with van der Waals surface area (Å²) >= 11 is 5.74. The number of nitro benzene ring substituents is 1. The predicted octanol–water partition coefficient (Wildman–Crippen LogP) is 2.94. The van der Waals surface area contributed by atoms with Crippen molar-refractivity contribution in [2.24, 2.45) is 0 Å². The zero-order chi connectivity index (χ0) is 13.5. The molecule has 0 aliphatic carbocycles. The summed E-state index contributed by atoms with van der Waals surface area (Å²) in [5, 5.41) is 13.7. The fraction of sp³-hybridized carbons (Fsp3) is 0.250. The molecule has 0 aliphatic rings. The van der Waals surface area contributed by atoms with Crippen LogP contribution < -0.4 is 5.32 Å². The number of nitro groups is 1. The van der Waals surface area contributed by atoms with E-state index >= 15 is 0 Å². The van der Waals surface area contributed by atoms with Crippen molar-refractivity contribution in [1.29, 1.82) is 0 Å². The molecule has 0 fully saturated rings. The smallest absolute Gasteiger partial charge is 0.282 e. The Bertz CT molecular complexity index is 486. The minimum absolute atomic E-state index is 0.0204. The summed E-state index contributed by atoms with van der Waals surface area (Å²) in [5.41, 5.74) is -0.268. The number of nitrogens with one attached hydrogen (secondary N) is 1. The molecule has 1 amide bonds. The average molecular weight is 269 g/mol. The number of halogens is 1. The number of allylic oxidation sites excluding steroid dienone is 1. The topological polar surface area (TPSA) is 72.2 Å². The molecular weight excluding hydrogens is 256 g/mol. The monoisotopic (exact) mass is 268 g/mol. The number of hydrogen-bond donors (Lipinski definition) is 1. The lowest BCUT2D eigenvalue weighted by atomic mass is 10.1. The van der Waals surface area contributed by atoms with Gasteiger partial charge < -0.3 is 5.32 Å². The van der Waals surface area contributed by atoms with Crippen LogP contribution in [0.2, 0.25) is 5.02 Å². The van der Waals surface area contributed by atoms with Crippen LogP contribution in [0.3, 0.4) is 0 Å². The predicted molar refractivity (Wildman–Crippen MR) is 69.9 cm³/mol. The van der Waals surface area contributed by atoms with Crippen molar-refractivity contribution in [3.05, 3.63) is 51.1 Å². The second kappa shape index (κ2) is 6.76. The maximum Gasteiger partial charge on any atom is 0.282 e. The van der Waals surface area contributed by atoms with E-state index in [1.807, 2.05) is 19.1 Å². The van der Waals surface area contributed by atoms with E-state index in [-0.39, 0.29) is 11.3 Å². The number of carbonyl (C=O) groups is 1. The van der Waals surface area contributed by atoms with E-state index in [2.05, 4.69) is 5.32 Å². The fourth-order valence-electron chi connectivity index (χ4n) is 1.38. The molecule has 1 aromatic carbocycles. The molecule has 0 spiro atoms. The van der Waals surface area contributed by atoms with Crippen molar-refractivity contribution >= 4 is 23.2 Å². The fourth-order valence-corrected chi connectivity index (χ4v) is 1.55. The van der Waals surface area contributed by atoms with Crippen LogP contribution in [0.4, 0.5) is 5.69 Å². The second-order valence-electron chi connectivity index (χ2n) is 3.53. The molecule has 1 N–H and O–H groups in total. The van der Waals surface area contributed by atoms with E-state index in [1.165, 1.54) is 18.2 Å². The molecule has 96 valence electrons. The van der Waals surface area contributed by atoms with E-state index in [9.17, 15) is 14.9 Å². The van der Waals surface area contributed by atoms with E-state index in [0.29, 0.717) is 18.0 Å². The van der Waals surface area contributed by atoms with Gasteiger partial charge in [0.1, 0.15) is 5.56 Å². The molecule has 18 heavy (non-hydrogen) atoms. The normalized spacial score (nSPS) is 10.6. The lowest BCUT2D eigenvalue weighted by molar-refractivity contribution is -0.385. The van der Waals surface area contributed by atoms with Gasteiger partial charge in [0.2, 0.25) is 0 Å². The SMILES string of the molecule is C/C=C/CCNC(=O)c1cc(Cl)ccc1[N+](=O)[O-]. The summed E-state index contributed by atoms with van der Waals surface area (Å²) in [7, 11) is 0. The largest absolute Gasteiger partial charge is 0.352 e. The number of rotatable bonds is 5. The van der Waals surface area contributed by atoms with Crippen molar-refractivity contribution in [2.45, 2.75) is 13.3 Å². The summed E-state index contributed by atoms with van der Waals surface area (Å²) < 4.78 is 0. The van der Waals surface area contributed by atoms with Gasteiger partial charge in [0.15, 0.2) is 0 Å². The van der Waals surface area contributed by atoms with Crippen LogP contribution in [0.5, 0.6) is 0 Å². The molecule has 0 heterocycles. The van der Waals surface area contributed by atoms with E-state index < -0.39 is 10.8 Å². The third-order valence-electron chi connectivity index (χ3n) is 2.23. The molecule has 0 saturated heterocycles. The molecule has 6 heteroatoms. The Morgan fingerprint density at radius 2 is 2.28 bits per heavy atom. The Kier molecular flexibility index (Phi) is 5.32. The summed E-state index contributed by atoms with van der Waals surface area (Å²) in [6.45, 7) is 2.30. The Morgan fingerprint density at radius 1 is 1.56 bits per heavy atom. The molecule has 0 aliphatic heterocycles. The van der Waals surface area contributed by atoms with Gasteiger partial charge >= 0.3 is 0 Å². The van der Waals surface area contributed by atoms with Crippen molar-refractivity contribution in [1.82, 2.24) is 5.32 Å². The van der Waals surface area contributed by atoms with E-state index in [4.69, 9.17) is 11.6 Å². The summed E-state index contributed by atoms with van der Waals surface area (Å²) in [6.07, 6.45) is 4.44. The lowest BCUT2D eigenvalue weighted by Crippen LogP contribution is -2.24. The Balaban J connectivity index is 2.83. The van der Waals surface area contributed by atoms with Crippen LogP contribution in [0, 0.1) is 10.1 Å². The van der Waals surface area contributed by atoms with Gasteiger partial charge in [-0.3, -0.25) is 14.9 Å². The molecule has 0 aromatic heterocycles. The van der Waals surface area contributed by atoms with Crippen LogP contribution in [-0.2, 0) is 0 Å². The van der Waals surface area contributed by atoms with Gasteiger partial charge in [-0.2, -0.15) is 0 Å². The lowest BCUT2D eigenvalue weighted by Gasteiger charge is -2.04. The molecular formula is C12H13ClN2O3. The Morgan fingerprint density at radius 3 is 2.89 bits per heavy atom. The summed E-state index contributed by atoms with van der Waals surface area (Å²) in [4.78, 5) is 22.0. The Hall–Kier alpha value is -1.88. The zero-order valence-corrected chi connectivity index (χ0v) is 10.6. The quantitative estimate of drug-likeness (QED) is 0.386. The molecule has 0 saturated carbocycles. The molecule has 0 atom stereocenters. The molecule has 0 unspecified atom stereocenters. The molecule has 1 rings (SSSR count). The van der Waals surface area contributed by atoms with E-state index in [1.54, 1.807) is 0 Å². The number of nitrogens with zero attached hydrogens (tertiary/aromatic N) is 1. The number of benzene rings is 1. The third-order valence-corrected chi connectivity index (χ3v) is 2.47. The highest BCUT2D eigenvalue weighted by Crippen LogP contribution is 2.22. The minimum atomic E-state index is -0.600. The first-order valence-electron chi connectivity index (χ1n) is 5.39. The first-order valence-corrected chi connectivity index (χ1v) is 5.77. The number of carbonyl (C=O) groups excluding carboxylic acids is 1. The van der Waals surface area contributed by atoms with Gasteiger partial charge in [-0.1, -0.05) is 23.8 Å². The van der Waals surface area contributed by atoms with Crippen LogP contribution >= 0.6 is 11.6 Å². The van der Waals surface area contributed by atoms with Crippen molar-refractivity contribution < 1.29 is 9.72 Å². The van der Waals surface area contributed by atoms with Crippen LogP contribution in [0.15, 0.2) is 30.4 Å². The molecule has 0 bridgehead atoms. The second-order valence-corrected chi connectivity index (χ2v) is 3.97. The number of hydrogen-bond acceptors (Lipinski definition) is 3. The molecule has 5 nitrogen and oxygen atoms in total. The van der Waals surface area contributed by atoms with Gasteiger partial charge in [0.05, 0.1) is 4.92 Å². The van der Waals surface area contributed by atoms with Crippen LogP contribution in [-0.4, -0.2) is 17.4 Å². The van der Waals surface area contributed by atoms with Gasteiger partial charge in [-0.15, -0.1) is 0 Å². The Labute approximate surface area is 110 Å². The first-order chi connectivity index (χ1) is 8.56. The zero-order valence-electron chi connectivity index (χ0n) is 9.85. The average Bonchev–Trinajstić information content (AvgIpc) is 2.34. The van der Waals surface area contributed by atoms with Crippen molar-refractivity contribution in [3.8, 4) is 0 Å². The minimum Gasteiger partial charge on any atom is -0.352 e. The first kappa shape index (κ1) is 14.2. The standard InChI is InChI=1S/C12H13ClN2O3/c1-2-3-4-7-14-12(16)10-8-9(13)5-6-11(10)15(17)18/h2-3,5-6,8H,4,7H2,1H3,(H,14,16)/b3-2+. The van der Waals surface area contributed by atoms with E-state index in [0.717, 1.165) is 0 Å². The van der Waals surface area contributed by atoms with Gasteiger partial charge in [-0.05, 0) is 25.5 Å². The highest BCUT2D eigenvalue weighted by atomic mass is 35.5. The molecule has 0 radical (unpaired) electrons. The third kappa shape index (κ3) is 3.85. The number of amides is 1. The van der Waals surface area contributed by atoms with Crippen molar-refractivity contribution in [2.75, 3.05) is 6.54 Å². The highest BCUT2D eigenvalue weighted by Gasteiger charge is 2.19. The maximum atomic E-state index is 11.8. The summed E-state index contributed by atoms with van der Waals surface area (Å²) in [5.74, 6) is -0.492. The molecule has 1 aromatic rings. The summed E-state index contributed by atoms with van der Waals surface area (Å²) in [6, 6.07) is 3.91. The van der Waals surface area contributed by atoms with Gasteiger partial charge in [0.25, 0.3) is 11.6 Å². The van der Waals surface area contributed by atoms with Crippen molar-refractivity contribution in [3.63, 3.8) is 0 Å².